The van der Waals surface area contributed by atoms with E-state index in [0.717, 1.165) is 11.8 Å². The summed E-state index contributed by atoms with van der Waals surface area (Å²) in [4.78, 5) is 20.1. The number of amides is 1. The van der Waals surface area contributed by atoms with E-state index in [2.05, 4.69) is 15.3 Å². The molecular formula is C17H19FN4O3S. The molecule has 1 aliphatic rings. The first-order valence-corrected chi connectivity index (χ1v) is 9.66. The first-order chi connectivity index (χ1) is 12.4. The van der Waals surface area contributed by atoms with Gasteiger partial charge in [0.1, 0.15) is 10.7 Å². The molecule has 1 N–H and O–H groups in total. The molecule has 1 amide bonds. The van der Waals surface area contributed by atoms with Crippen LogP contribution in [0.1, 0.15) is 18.5 Å². The average Bonchev–Trinajstić information content (AvgIpc) is 2.64. The van der Waals surface area contributed by atoms with Crippen molar-refractivity contribution in [3.63, 3.8) is 0 Å². The van der Waals surface area contributed by atoms with Gasteiger partial charge in [-0.3, -0.25) is 9.78 Å². The number of nitrogens with zero attached hydrogens (tertiary/aromatic N) is 3. The molecule has 9 heteroatoms. The number of aromatic nitrogens is 2. The molecule has 2 heterocycles. The van der Waals surface area contributed by atoms with Gasteiger partial charge in [-0.05, 0) is 31.9 Å². The number of hydrogen-bond acceptors (Lipinski definition) is 5. The minimum absolute atomic E-state index is 0.161. The summed E-state index contributed by atoms with van der Waals surface area (Å²) in [6.07, 6.45) is 3.75. The third-order valence-corrected chi connectivity index (χ3v) is 6.24. The van der Waals surface area contributed by atoms with Crippen LogP contribution in [0.5, 0.6) is 0 Å². The summed E-state index contributed by atoms with van der Waals surface area (Å²) in [7, 11) is -3.90. The number of anilines is 1. The maximum atomic E-state index is 13.8. The zero-order valence-electron chi connectivity index (χ0n) is 14.2. The highest BCUT2D eigenvalue weighted by molar-refractivity contribution is 7.89. The lowest BCUT2D eigenvalue weighted by molar-refractivity contribution is -0.120. The summed E-state index contributed by atoms with van der Waals surface area (Å²) in [5.41, 5.74) is 0.745. The summed E-state index contributed by atoms with van der Waals surface area (Å²) in [6.45, 7) is 2.12. The number of carbonyl (C=O) groups is 1. The molecule has 1 aromatic carbocycles. The first-order valence-electron chi connectivity index (χ1n) is 8.22. The number of piperidine rings is 1. The average molecular weight is 378 g/mol. The van der Waals surface area contributed by atoms with Gasteiger partial charge >= 0.3 is 0 Å². The van der Waals surface area contributed by atoms with Crippen molar-refractivity contribution in [2.45, 2.75) is 24.7 Å². The molecule has 138 valence electrons. The summed E-state index contributed by atoms with van der Waals surface area (Å²) in [6, 6.07) is 5.30. The summed E-state index contributed by atoms with van der Waals surface area (Å²) < 4.78 is 40.2. The van der Waals surface area contributed by atoms with Crippen molar-refractivity contribution in [3.8, 4) is 0 Å². The molecule has 2 aromatic rings. The third kappa shape index (κ3) is 3.88. The van der Waals surface area contributed by atoms with Gasteiger partial charge in [-0.2, -0.15) is 4.31 Å². The molecule has 0 bridgehead atoms. The molecule has 0 saturated carbocycles. The van der Waals surface area contributed by atoms with Gasteiger partial charge in [0.15, 0.2) is 5.82 Å². The predicted octanol–water partition coefficient (Wildman–Crippen LogP) is 1.96. The number of benzene rings is 1. The lowest BCUT2D eigenvalue weighted by Crippen LogP contribution is -2.41. The Hall–Kier alpha value is -2.39. The van der Waals surface area contributed by atoms with E-state index in [0.29, 0.717) is 18.7 Å². The van der Waals surface area contributed by atoms with Gasteiger partial charge in [-0.15, -0.1) is 0 Å². The number of halogens is 1. The maximum Gasteiger partial charge on any atom is 0.245 e. The number of hydrogen-bond donors (Lipinski definition) is 1. The molecule has 0 aliphatic carbocycles. The molecular weight excluding hydrogens is 359 g/mol. The molecule has 0 spiro atoms. The van der Waals surface area contributed by atoms with Gasteiger partial charge in [-0.25, -0.2) is 17.8 Å². The van der Waals surface area contributed by atoms with Crippen molar-refractivity contribution < 1.29 is 17.6 Å². The Morgan fingerprint density at radius 1 is 1.19 bits per heavy atom. The summed E-state index contributed by atoms with van der Waals surface area (Å²) in [5, 5.41) is 2.69. The third-order valence-electron chi connectivity index (χ3n) is 4.31. The standard InChI is InChI=1S/C17H19FN4O3S/c1-12-10-20-16(11-19-12)21-17(23)13-6-8-22(9-7-13)26(24,25)15-5-3-2-4-14(15)18/h2-5,10-11,13H,6-9H2,1H3,(H,20,21,23). The van der Waals surface area contributed by atoms with Crippen molar-refractivity contribution in [2.24, 2.45) is 5.92 Å². The molecule has 0 atom stereocenters. The highest BCUT2D eigenvalue weighted by Gasteiger charge is 2.33. The molecule has 0 unspecified atom stereocenters. The smallest absolute Gasteiger partial charge is 0.245 e. The molecule has 1 fully saturated rings. The van der Waals surface area contributed by atoms with E-state index >= 15 is 0 Å². The Morgan fingerprint density at radius 3 is 2.50 bits per heavy atom. The fourth-order valence-electron chi connectivity index (χ4n) is 2.84. The van der Waals surface area contributed by atoms with E-state index in [1.165, 1.54) is 28.7 Å². The fraction of sp³-hybridized carbons (Fsp3) is 0.353. The van der Waals surface area contributed by atoms with Crippen LogP contribution in [0, 0.1) is 18.7 Å². The van der Waals surface area contributed by atoms with E-state index in [1.54, 1.807) is 13.1 Å². The molecule has 26 heavy (non-hydrogen) atoms. The minimum atomic E-state index is -3.90. The van der Waals surface area contributed by atoms with Crippen molar-refractivity contribution in [1.29, 1.82) is 0 Å². The molecule has 1 aliphatic heterocycles. The van der Waals surface area contributed by atoms with Gasteiger partial charge in [-0.1, -0.05) is 12.1 Å². The van der Waals surface area contributed by atoms with Crippen LogP contribution in [0.15, 0.2) is 41.6 Å². The second kappa shape index (κ2) is 7.46. The quantitative estimate of drug-likeness (QED) is 0.878. The van der Waals surface area contributed by atoms with Crippen LogP contribution >= 0.6 is 0 Å². The van der Waals surface area contributed by atoms with Crippen molar-refractivity contribution >= 4 is 21.7 Å². The van der Waals surface area contributed by atoms with Crippen LogP contribution in [0.4, 0.5) is 10.2 Å². The van der Waals surface area contributed by atoms with Gasteiger partial charge in [0.25, 0.3) is 0 Å². The zero-order chi connectivity index (χ0) is 18.7. The lowest BCUT2D eigenvalue weighted by Gasteiger charge is -2.30. The van der Waals surface area contributed by atoms with Crippen LogP contribution in [-0.4, -0.2) is 41.7 Å². The van der Waals surface area contributed by atoms with Gasteiger partial charge in [0.05, 0.1) is 18.1 Å². The predicted molar refractivity (Wildman–Crippen MR) is 93.3 cm³/mol. The van der Waals surface area contributed by atoms with Crippen LogP contribution in [0.2, 0.25) is 0 Å². The topological polar surface area (TPSA) is 92.3 Å². The second-order valence-corrected chi connectivity index (χ2v) is 8.05. The Morgan fingerprint density at radius 2 is 1.88 bits per heavy atom. The highest BCUT2D eigenvalue weighted by Crippen LogP contribution is 2.25. The van der Waals surface area contributed by atoms with Crippen LogP contribution in [0.3, 0.4) is 0 Å². The SMILES string of the molecule is Cc1cnc(NC(=O)C2CCN(S(=O)(=O)c3ccccc3F)CC2)cn1. The highest BCUT2D eigenvalue weighted by atomic mass is 32.2. The van der Waals surface area contributed by atoms with Crippen LogP contribution < -0.4 is 5.32 Å². The Bertz CT molecular complexity index is 894. The molecule has 7 nitrogen and oxygen atoms in total. The monoisotopic (exact) mass is 378 g/mol. The Balaban J connectivity index is 1.62. The summed E-state index contributed by atoms with van der Waals surface area (Å²) >= 11 is 0. The number of carbonyl (C=O) groups excluding carboxylic acids is 1. The van der Waals surface area contributed by atoms with Crippen molar-refractivity contribution in [2.75, 3.05) is 18.4 Å². The van der Waals surface area contributed by atoms with Gasteiger partial charge < -0.3 is 5.32 Å². The zero-order valence-corrected chi connectivity index (χ0v) is 15.0. The van der Waals surface area contributed by atoms with Gasteiger partial charge in [0, 0.05) is 19.0 Å². The normalized spacial score (nSPS) is 16.4. The molecule has 1 saturated heterocycles. The number of nitrogens with one attached hydrogen (secondary N) is 1. The number of rotatable bonds is 4. The largest absolute Gasteiger partial charge is 0.309 e. The van der Waals surface area contributed by atoms with Crippen LogP contribution in [0.25, 0.3) is 0 Å². The van der Waals surface area contributed by atoms with Crippen molar-refractivity contribution in [3.05, 3.63) is 48.2 Å². The Kier molecular flexibility index (Phi) is 5.28. The van der Waals surface area contributed by atoms with E-state index < -0.39 is 15.8 Å². The molecule has 0 radical (unpaired) electrons. The van der Waals surface area contributed by atoms with E-state index in [9.17, 15) is 17.6 Å². The van der Waals surface area contributed by atoms with Gasteiger partial charge in [0.2, 0.25) is 15.9 Å². The number of sulfonamides is 1. The Labute approximate surface area is 151 Å². The maximum absolute atomic E-state index is 13.8. The fourth-order valence-corrected chi connectivity index (χ4v) is 4.37. The molecule has 3 rings (SSSR count). The van der Waals surface area contributed by atoms with E-state index in [-0.39, 0.29) is 29.8 Å². The first kappa shape index (κ1) is 18.4. The number of aryl methyl sites for hydroxylation is 1. The van der Waals surface area contributed by atoms with E-state index in [4.69, 9.17) is 0 Å². The van der Waals surface area contributed by atoms with Crippen LogP contribution in [-0.2, 0) is 14.8 Å². The van der Waals surface area contributed by atoms with E-state index in [1.807, 2.05) is 0 Å². The second-order valence-electron chi connectivity index (χ2n) is 6.14. The lowest BCUT2D eigenvalue weighted by atomic mass is 9.97. The summed E-state index contributed by atoms with van der Waals surface area (Å²) in [5.74, 6) is -0.955. The van der Waals surface area contributed by atoms with Crippen molar-refractivity contribution in [1.82, 2.24) is 14.3 Å². The molecule has 1 aromatic heterocycles. The minimum Gasteiger partial charge on any atom is -0.309 e.